The van der Waals surface area contributed by atoms with E-state index in [2.05, 4.69) is 4.98 Å². The molecule has 0 aliphatic heterocycles. The second kappa shape index (κ2) is 16.0. The number of benzene rings is 1. The standard InChI is InChI=1S/C30H36F9N3O4S/c1-3-41(17-20-7-5-19(6-8-20)13-26(43)46-4-2)27-22(14-25(16-40-27)30(37,38)39)18-42(47(44)45)10-9-21-11-23(28(31,32)33)15-24(12-21)29(34,35)36/h11-12,14-16,19-20H,3-10,13,17-18H2,1-2H3,(H,44,45). The smallest absolute Gasteiger partial charge is 0.417 e. The van der Waals surface area contributed by atoms with Crippen molar-refractivity contribution in [1.82, 2.24) is 9.29 Å². The van der Waals surface area contributed by atoms with Crippen LogP contribution in [-0.2, 0) is 52.3 Å². The molecular formula is C30H36F9N3O4S. The summed E-state index contributed by atoms with van der Waals surface area (Å²) in [5.74, 6) is 0.0850. The molecule has 0 spiro atoms. The number of esters is 1. The highest BCUT2D eigenvalue weighted by molar-refractivity contribution is 7.76. The minimum atomic E-state index is -5.10. The molecule has 264 valence electrons. The van der Waals surface area contributed by atoms with Crippen LogP contribution >= 0.6 is 0 Å². The molecule has 1 unspecified atom stereocenters. The van der Waals surface area contributed by atoms with E-state index in [4.69, 9.17) is 4.74 Å². The number of hydrogen-bond donors (Lipinski definition) is 1. The van der Waals surface area contributed by atoms with Crippen LogP contribution < -0.4 is 4.90 Å². The van der Waals surface area contributed by atoms with Crippen LogP contribution in [0.15, 0.2) is 30.5 Å². The summed E-state index contributed by atoms with van der Waals surface area (Å²) in [7, 11) is 0. The van der Waals surface area contributed by atoms with E-state index in [1.54, 1.807) is 18.7 Å². The van der Waals surface area contributed by atoms with Gasteiger partial charge in [0, 0.05) is 44.4 Å². The zero-order valence-electron chi connectivity index (χ0n) is 25.6. The van der Waals surface area contributed by atoms with Gasteiger partial charge in [-0.1, -0.05) is 0 Å². The number of pyridine rings is 1. The highest BCUT2D eigenvalue weighted by Gasteiger charge is 2.37. The molecule has 1 aromatic heterocycles. The number of halogens is 9. The molecule has 0 bridgehead atoms. The maximum Gasteiger partial charge on any atom is 0.417 e. The van der Waals surface area contributed by atoms with Crippen molar-refractivity contribution in [3.8, 4) is 0 Å². The third-order valence-corrected chi connectivity index (χ3v) is 8.78. The normalized spacial score (nSPS) is 18.3. The van der Waals surface area contributed by atoms with Gasteiger partial charge in [-0.05, 0) is 87.6 Å². The van der Waals surface area contributed by atoms with Crippen molar-refractivity contribution >= 4 is 23.1 Å². The van der Waals surface area contributed by atoms with Crippen LogP contribution in [0.1, 0.15) is 73.8 Å². The Morgan fingerprint density at radius 2 is 1.45 bits per heavy atom. The summed E-state index contributed by atoms with van der Waals surface area (Å²) < 4.78 is 149. The monoisotopic (exact) mass is 705 g/mol. The average Bonchev–Trinajstić information content (AvgIpc) is 2.97. The molecule has 1 fully saturated rings. The number of carbonyl (C=O) groups is 1. The second-order valence-corrected chi connectivity index (χ2v) is 12.4. The van der Waals surface area contributed by atoms with Crippen molar-refractivity contribution in [2.24, 2.45) is 11.8 Å². The Balaban J connectivity index is 1.84. The van der Waals surface area contributed by atoms with E-state index in [-0.39, 0.29) is 41.9 Å². The third kappa shape index (κ3) is 11.3. The molecule has 1 N–H and O–H groups in total. The maximum absolute atomic E-state index is 13.7. The summed E-state index contributed by atoms with van der Waals surface area (Å²) in [4.78, 5) is 17.6. The van der Waals surface area contributed by atoms with Crippen LogP contribution in [-0.4, -0.2) is 50.3 Å². The Kier molecular flexibility index (Phi) is 13.1. The lowest BCUT2D eigenvalue weighted by Gasteiger charge is -2.34. The molecular weight excluding hydrogens is 669 g/mol. The number of carbonyl (C=O) groups excluding carboxylic acids is 1. The molecule has 1 saturated carbocycles. The Hall–Kier alpha value is -2.92. The molecule has 1 aliphatic rings. The molecule has 1 heterocycles. The van der Waals surface area contributed by atoms with E-state index in [1.807, 2.05) is 0 Å². The van der Waals surface area contributed by atoms with Crippen LogP contribution in [0.2, 0.25) is 0 Å². The lowest BCUT2D eigenvalue weighted by Crippen LogP contribution is -2.34. The summed E-state index contributed by atoms with van der Waals surface area (Å²) in [5.41, 5.74) is -4.78. The van der Waals surface area contributed by atoms with E-state index >= 15 is 0 Å². The Bertz CT molecular complexity index is 1350. The lowest BCUT2D eigenvalue weighted by atomic mass is 9.80. The Morgan fingerprint density at radius 1 is 0.894 bits per heavy atom. The minimum Gasteiger partial charge on any atom is -0.466 e. The van der Waals surface area contributed by atoms with E-state index in [0.29, 0.717) is 37.8 Å². The molecule has 1 aromatic carbocycles. The topological polar surface area (TPSA) is 83.0 Å². The average molecular weight is 706 g/mol. The predicted octanol–water partition coefficient (Wildman–Crippen LogP) is 7.91. The quantitative estimate of drug-likeness (QED) is 0.130. The van der Waals surface area contributed by atoms with Crippen LogP contribution in [0.5, 0.6) is 0 Å². The van der Waals surface area contributed by atoms with E-state index in [1.165, 1.54) is 0 Å². The van der Waals surface area contributed by atoms with Crippen LogP contribution in [0.4, 0.5) is 45.3 Å². The van der Waals surface area contributed by atoms with Crippen LogP contribution in [0.25, 0.3) is 0 Å². The highest BCUT2D eigenvalue weighted by atomic mass is 32.2. The van der Waals surface area contributed by atoms with Gasteiger partial charge in [0.05, 0.1) is 23.3 Å². The molecule has 2 aromatic rings. The summed E-state index contributed by atoms with van der Waals surface area (Å²) >= 11 is -2.87. The summed E-state index contributed by atoms with van der Waals surface area (Å²) in [6.45, 7) is 3.29. The molecule has 1 atom stereocenters. The molecule has 1 aliphatic carbocycles. The second-order valence-electron chi connectivity index (χ2n) is 11.4. The van der Waals surface area contributed by atoms with Gasteiger partial charge in [-0.2, -0.15) is 43.8 Å². The molecule has 7 nitrogen and oxygen atoms in total. The molecule has 0 saturated heterocycles. The number of anilines is 1. The summed E-state index contributed by atoms with van der Waals surface area (Å²) in [5, 5.41) is 0. The fraction of sp³-hybridized carbons (Fsp3) is 0.600. The number of rotatable bonds is 13. The van der Waals surface area contributed by atoms with Gasteiger partial charge in [-0.15, -0.1) is 0 Å². The van der Waals surface area contributed by atoms with Gasteiger partial charge in [0.2, 0.25) is 11.3 Å². The number of hydrogen-bond acceptors (Lipinski definition) is 5. The van der Waals surface area contributed by atoms with Gasteiger partial charge in [0.25, 0.3) is 0 Å². The first-order valence-electron chi connectivity index (χ1n) is 14.9. The molecule has 3 rings (SSSR count). The molecule has 0 amide bonds. The molecule has 47 heavy (non-hydrogen) atoms. The fourth-order valence-corrected chi connectivity index (χ4v) is 6.13. The lowest BCUT2D eigenvalue weighted by molar-refractivity contribution is -0.145. The van der Waals surface area contributed by atoms with Crippen molar-refractivity contribution < 1.29 is 57.8 Å². The highest BCUT2D eigenvalue weighted by Crippen LogP contribution is 2.38. The number of nitrogens with zero attached hydrogens (tertiary/aromatic N) is 3. The summed E-state index contributed by atoms with van der Waals surface area (Å²) in [6.07, 6.45) is -11.7. The SMILES string of the molecule is CCOC(=O)CC1CCC(CN(CC)c2ncc(C(F)(F)F)cc2CN(CCc2cc(C(F)(F)F)cc(C(F)(F)F)c2)S(=O)O)CC1. The Morgan fingerprint density at radius 3 is 1.94 bits per heavy atom. The first-order valence-corrected chi connectivity index (χ1v) is 16.0. The van der Waals surface area contributed by atoms with Crippen molar-refractivity contribution in [3.05, 3.63) is 58.3 Å². The zero-order valence-corrected chi connectivity index (χ0v) is 26.5. The van der Waals surface area contributed by atoms with Gasteiger partial charge in [-0.3, -0.25) is 9.35 Å². The Labute approximate surface area is 268 Å². The van der Waals surface area contributed by atoms with E-state index in [9.17, 15) is 53.1 Å². The van der Waals surface area contributed by atoms with Gasteiger partial charge >= 0.3 is 24.5 Å². The number of aromatic nitrogens is 1. The largest absolute Gasteiger partial charge is 0.466 e. The first kappa shape index (κ1) is 38.5. The van der Waals surface area contributed by atoms with E-state index in [0.717, 1.165) is 36.1 Å². The fourth-order valence-electron chi connectivity index (χ4n) is 5.63. The van der Waals surface area contributed by atoms with Crippen molar-refractivity contribution in [3.63, 3.8) is 0 Å². The van der Waals surface area contributed by atoms with Gasteiger partial charge < -0.3 is 9.64 Å². The molecule has 0 radical (unpaired) electrons. The van der Waals surface area contributed by atoms with Crippen molar-refractivity contribution in [1.29, 1.82) is 0 Å². The first-order chi connectivity index (χ1) is 21.8. The van der Waals surface area contributed by atoms with Crippen LogP contribution in [0.3, 0.4) is 0 Å². The number of ether oxygens (including phenoxy) is 1. The van der Waals surface area contributed by atoms with Gasteiger partial charge in [-0.25, -0.2) is 9.19 Å². The van der Waals surface area contributed by atoms with Gasteiger partial charge in [0.1, 0.15) is 5.82 Å². The third-order valence-electron chi connectivity index (χ3n) is 8.02. The molecule has 17 heteroatoms. The minimum absolute atomic E-state index is 0.0434. The van der Waals surface area contributed by atoms with Crippen molar-refractivity contribution in [2.75, 3.05) is 31.1 Å². The zero-order chi connectivity index (χ0) is 35.2. The predicted molar refractivity (Wildman–Crippen MR) is 155 cm³/mol. The maximum atomic E-state index is 13.7. The van der Waals surface area contributed by atoms with Crippen molar-refractivity contribution in [2.45, 2.75) is 77.4 Å². The van der Waals surface area contributed by atoms with E-state index < -0.39 is 71.6 Å². The van der Waals surface area contributed by atoms with Gasteiger partial charge in [0.15, 0.2) is 0 Å². The number of alkyl halides is 9. The summed E-state index contributed by atoms with van der Waals surface area (Å²) in [6, 6.07) is 1.71. The van der Waals surface area contributed by atoms with Crippen LogP contribution in [0, 0.1) is 11.8 Å².